The van der Waals surface area contributed by atoms with Crippen molar-refractivity contribution in [3.63, 3.8) is 0 Å². The topological polar surface area (TPSA) is 84.3 Å². The summed E-state index contributed by atoms with van der Waals surface area (Å²) in [7, 11) is 0. The number of hydrogen-bond acceptors (Lipinski definition) is 5. The van der Waals surface area contributed by atoms with Gasteiger partial charge in [0, 0.05) is 19.5 Å². The number of ether oxygens (including phenoxy) is 1. The first-order valence-electron chi connectivity index (χ1n) is 7.28. The summed E-state index contributed by atoms with van der Waals surface area (Å²) in [4.78, 5) is 19.5. The Morgan fingerprint density at radius 3 is 2.75 bits per heavy atom. The molecule has 0 radical (unpaired) electrons. The van der Waals surface area contributed by atoms with Gasteiger partial charge in [-0.3, -0.25) is 0 Å². The van der Waals surface area contributed by atoms with Crippen LogP contribution >= 0.6 is 0 Å². The molecule has 0 aromatic carbocycles. The molecule has 112 valence electrons. The van der Waals surface area contributed by atoms with Crippen molar-refractivity contribution in [2.75, 3.05) is 31.2 Å². The molecule has 1 aliphatic heterocycles. The van der Waals surface area contributed by atoms with Gasteiger partial charge in [0.05, 0.1) is 13.2 Å². The van der Waals surface area contributed by atoms with E-state index in [1.165, 1.54) is 12.8 Å². The number of aromatic nitrogens is 2. The van der Waals surface area contributed by atoms with E-state index in [1.54, 1.807) is 0 Å². The van der Waals surface area contributed by atoms with Gasteiger partial charge in [-0.15, -0.1) is 0 Å². The lowest BCUT2D eigenvalue weighted by Gasteiger charge is -2.25. The van der Waals surface area contributed by atoms with Gasteiger partial charge >= 0.3 is 5.95 Å². The van der Waals surface area contributed by atoms with E-state index in [0.717, 1.165) is 43.9 Å². The Balaban J connectivity index is 2.08. The Morgan fingerprint density at radius 1 is 1.35 bits per heavy atom. The number of nitrogens with one attached hydrogen (secondary N) is 1. The van der Waals surface area contributed by atoms with Crippen LogP contribution in [0.2, 0.25) is 0 Å². The molecule has 1 saturated heterocycles. The van der Waals surface area contributed by atoms with Gasteiger partial charge in [-0.25, -0.2) is 4.98 Å². The second-order valence-electron chi connectivity index (χ2n) is 5.03. The molecule has 2 rings (SSSR count). The summed E-state index contributed by atoms with van der Waals surface area (Å²) in [5.74, 6) is 0.577. The molecule has 0 aliphatic carbocycles. The molecule has 1 fully saturated rings. The molecule has 1 N–H and O–H groups in total. The zero-order valence-corrected chi connectivity index (χ0v) is 11.9. The van der Waals surface area contributed by atoms with Crippen molar-refractivity contribution in [3.05, 3.63) is 15.8 Å². The lowest BCUT2D eigenvalue weighted by atomic mass is 10.1. The van der Waals surface area contributed by atoms with Gasteiger partial charge in [0.25, 0.3) is 0 Å². The Labute approximate surface area is 118 Å². The lowest BCUT2D eigenvalue weighted by Crippen LogP contribution is -2.37. The predicted molar refractivity (Wildman–Crippen MR) is 76.1 cm³/mol. The van der Waals surface area contributed by atoms with E-state index in [-0.39, 0.29) is 5.95 Å². The number of aryl methyl sites for hydroxylation is 1. The van der Waals surface area contributed by atoms with Gasteiger partial charge in [0.2, 0.25) is 5.82 Å². The maximum atomic E-state index is 10.9. The number of H-pyrrole nitrogens is 1. The summed E-state index contributed by atoms with van der Waals surface area (Å²) >= 11 is 0. The molecule has 1 aliphatic rings. The van der Waals surface area contributed by atoms with Crippen LogP contribution in [0, 0.1) is 10.1 Å². The third-order valence-electron chi connectivity index (χ3n) is 3.51. The van der Waals surface area contributed by atoms with E-state index in [0.29, 0.717) is 13.2 Å². The van der Waals surface area contributed by atoms with E-state index < -0.39 is 4.92 Å². The van der Waals surface area contributed by atoms with E-state index in [1.807, 2.05) is 0 Å². The van der Waals surface area contributed by atoms with Gasteiger partial charge in [-0.1, -0.05) is 26.2 Å². The molecule has 0 atom stereocenters. The molecule has 1 aromatic heterocycles. The summed E-state index contributed by atoms with van der Waals surface area (Å²) in [6.45, 7) is 4.94. The van der Waals surface area contributed by atoms with Gasteiger partial charge in [0.15, 0.2) is 0 Å². The molecular weight excluding hydrogens is 260 g/mol. The van der Waals surface area contributed by atoms with Crippen molar-refractivity contribution in [3.8, 4) is 0 Å². The summed E-state index contributed by atoms with van der Waals surface area (Å²) < 4.78 is 5.31. The van der Waals surface area contributed by atoms with Crippen LogP contribution in [-0.4, -0.2) is 41.2 Å². The molecule has 7 heteroatoms. The van der Waals surface area contributed by atoms with Crippen molar-refractivity contribution < 1.29 is 9.66 Å². The van der Waals surface area contributed by atoms with Crippen molar-refractivity contribution in [1.29, 1.82) is 0 Å². The second kappa shape index (κ2) is 7.23. The number of nitrogens with zero attached hydrogens (tertiary/aromatic N) is 3. The van der Waals surface area contributed by atoms with Crippen LogP contribution in [0.4, 0.5) is 11.8 Å². The van der Waals surface area contributed by atoms with Gasteiger partial charge in [-0.2, -0.15) is 0 Å². The largest absolute Gasteiger partial charge is 0.434 e. The minimum Gasteiger partial charge on any atom is -0.390 e. The summed E-state index contributed by atoms with van der Waals surface area (Å²) in [6, 6.07) is 0. The molecule has 0 unspecified atom stereocenters. The quantitative estimate of drug-likeness (QED) is 0.471. The van der Waals surface area contributed by atoms with E-state index >= 15 is 0 Å². The molecule has 1 aromatic rings. The van der Waals surface area contributed by atoms with Gasteiger partial charge in [-0.05, 0) is 16.3 Å². The average Bonchev–Trinajstić information content (AvgIpc) is 2.89. The van der Waals surface area contributed by atoms with E-state index in [2.05, 4.69) is 21.8 Å². The molecule has 0 spiro atoms. The Kier molecular flexibility index (Phi) is 5.34. The molecule has 0 saturated carbocycles. The fraction of sp³-hybridized carbons (Fsp3) is 0.769. The molecule has 2 heterocycles. The molecule has 7 nitrogen and oxygen atoms in total. The summed E-state index contributed by atoms with van der Waals surface area (Å²) in [6.07, 6.45) is 5.37. The number of rotatable bonds is 7. The first-order valence-corrected chi connectivity index (χ1v) is 7.28. The van der Waals surface area contributed by atoms with Crippen molar-refractivity contribution in [2.45, 2.75) is 39.0 Å². The van der Waals surface area contributed by atoms with Gasteiger partial charge in [0.1, 0.15) is 5.69 Å². The van der Waals surface area contributed by atoms with E-state index in [9.17, 15) is 10.1 Å². The van der Waals surface area contributed by atoms with Crippen LogP contribution < -0.4 is 4.90 Å². The standard InChI is InChI=1S/C13H22N4O3/c1-2-3-4-5-6-11-12(15-13(14-11)17(18)19)16-7-9-20-10-8-16/h2-10H2,1H3,(H,14,15). The first kappa shape index (κ1) is 14.8. The zero-order chi connectivity index (χ0) is 14.4. The maximum Gasteiger partial charge on any atom is 0.434 e. The average molecular weight is 282 g/mol. The molecule has 20 heavy (non-hydrogen) atoms. The maximum absolute atomic E-state index is 10.9. The van der Waals surface area contributed by atoms with Crippen LogP contribution in [0.15, 0.2) is 0 Å². The Morgan fingerprint density at radius 2 is 2.10 bits per heavy atom. The second-order valence-corrected chi connectivity index (χ2v) is 5.03. The lowest BCUT2D eigenvalue weighted by molar-refractivity contribution is -0.393. The highest BCUT2D eigenvalue weighted by atomic mass is 16.6. The number of anilines is 1. The summed E-state index contributed by atoms with van der Waals surface area (Å²) in [5, 5.41) is 10.9. The van der Waals surface area contributed by atoms with Crippen LogP contribution in [0.3, 0.4) is 0 Å². The minimum absolute atomic E-state index is 0.156. The highest BCUT2D eigenvalue weighted by molar-refractivity contribution is 5.47. The van der Waals surface area contributed by atoms with Crippen molar-refractivity contribution >= 4 is 11.8 Å². The van der Waals surface area contributed by atoms with Crippen LogP contribution in [0.1, 0.15) is 38.3 Å². The van der Waals surface area contributed by atoms with Crippen molar-refractivity contribution in [2.24, 2.45) is 0 Å². The van der Waals surface area contributed by atoms with Crippen LogP contribution in [0.25, 0.3) is 0 Å². The third-order valence-corrected chi connectivity index (χ3v) is 3.51. The number of hydrogen-bond donors (Lipinski definition) is 1. The minimum atomic E-state index is -0.459. The number of imidazole rings is 1. The fourth-order valence-electron chi connectivity index (χ4n) is 2.41. The predicted octanol–water partition coefficient (Wildman–Crippen LogP) is 2.28. The third kappa shape index (κ3) is 3.69. The monoisotopic (exact) mass is 282 g/mol. The first-order chi connectivity index (χ1) is 9.72. The molecule has 0 amide bonds. The summed E-state index contributed by atoms with van der Waals surface area (Å²) in [5.41, 5.74) is 0.884. The zero-order valence-electron chi connectivity index (χ0n) is 11.9. The SMILES string of the molecule is CCCCCCc1[nH]c([N+](=O)[O-])nc1N1CCOCC1. The van der Waals surface area contributed by atoms with Crippen LogP contribution in [0.5, 0.6) is 0 Å². The van der Waals surface area contributed by atoms with E-state index in [4.69, 9.17) is 4.74 Å². The normalized spacial score (nSPS) is 15.6. The smallest absolute Gasteiger partial charge is 0.390 e. The highest BCUT2D eigenvalue weighted by Crippen LogP contribution is 2.24. The number of morpholine rings is 1. The van der Waals surface area contributed by atoms with Gasteiger partial charge < -0.3 is 19.8 Å². The molecular formula is C13H22N4O3. The van der Waals surface area contributed by atoms with Crippen LogP contribution in [-0.2, 0) is 11.2 Å². The molecule has 0 bridgehead atoms. The Hall–Kier alpha value is -1.63. The number of nitro groups is 1. The number of aromatic amines is 1. The highest BCUT2D eigenvalue weighted by Gasteiger charge is 2.25. The Bertz CT molecular complexity index is 441. The fourth-order valence-corrected chi connectivity index (χ4v) is 2.41. The number of unbranched alkanes of at least 4 members (excludes halogenated alkanes) is 3. The van der Waals surface area contributed by atoms with Crippen molar-refractivity contribution in [1.82, 2.24) is 9.97 Å².